The third-order valence-corrected chi connectivity index (χ3v) is 7.55. The molecule has 2 atom stereocenters. The zero-order valence-corrected chi connectivity index (χ0v) is 16.3. The molecule has 0 spiro atoms. The van der Waals surface area contributed by atoms with Gasteiger partial charge in [0.15, 0.2) is 0 Å². The van der Waals surface area contributed by atoms with Gasteiger partial charge in [0, 0.05) is 11.6 Å². The van der Waals surface area contributed by atoms with Crippen LogP contribution in [-0.2, 0) is 16.8 Å². The first-order chi connectivity index (χ1) is 13.1. The second-order valence-corrected chi connectivity index (χ2v) is 9.63. The molecule has 2 nitrogen and oxygen atoms in total. The molecule has 0 saturated heterocycles. The van der Waals surface area contributed by atoms with Crippen molar-refractivity contribution in [1.29, 1.82) is 0 Å². The Morgan fingerprint density at radius 1 is 0.963 bits per heavy atom. The van der Waals surface area contributed by atoms with Gasteiger partial charge in [-0.3, -0.25) is 4.79 Å². The Morgan fingerprint density at radius 2 is 1.63 bits per heavy atom. The van der Waals surface area contributed by atoms with E-state index in [0.717, 1.165) is 24.3 Å². The van der Waals surface area contributed by atoms with Crippen molar-refractivity contribution in [1.82, 2.24) is 5.32 Å². The highest BCUT2D eigenvalue weighted by Crippen LogP contribution is 2.65. The highest BCUT2D eigenvalue weighted by atomic mass is 35.5. The van der Waals surface area contributed by atoms with Gasteiger partial charge < -0.3 is 5.32 Å². The van der Waals surface area contributed by atoms with E-state index in [4.69, 9.17) is 11.6 Å². The first-order valence-electron chi connectivity index (χ1n) is 10.2. The van der Waals surface area contributed by atoms with E-state index in [-0.39, 0.29) is 16.7 Å². The van der Waals surface area contributed by atoms with Crippen LogP contribution in [0.25, 0.3) is 0 Å². The Labute approximate surface area is 166 Å². The number of nitrogens with one attached hydrogen (secondary N) is 1. The van der Waals surface area contributed by atoms with Gasteiger partial charge >= 0.3 is 0 Å². The Hall–Kier alpha value is -1.80. The lowest BCUT2D eigenvalue weighted by Crippen LogP contribution is -2.59. The average molecular weight is 380 g/mol. The van der Waals surface area contributed by atoms with Crippen LogP contribution in [0, 0.1) is 17.3 Å². The van der Waals surface area contributed by atoms with E-state index in [2.05, 4.69) is 29.6 Å². The maximum atomic E-state index is 13.4. The zero-order valence-electron chi connectivity index (χ0n) is 15.6. The molecule has 140 valence electrons. The summed E-state index contributed by atoms with van der Waals surface area (Å²) in [4.78, 5) is 13.4. The van der Waals surface area contributed by atoms with E-state index in [1.165, 1.54) is 30.4 Å². The van der Waals surface area contributed by atoms with Crippen LogP contribution in [0.2, 0.25) is 5.02 Å². The minimum atomic E-state index is -0.182. The number of hydrogen-bond donors (Lipinski definition) is 1. The summed E-state index contributed by atoms with van der Waals surface area (Å²) in [5.74, 6) is 1.65. The van der Waals surface area contributed by atoms with E-state index in [1.54, 1.807) is 0 Å². The van der Waals surface area contributed by atoms with Crippen molar-refractivity contribution in [2.24, 2.45) is 17.3 Å². The fourth-order valence-electron chi connectivity index (χ4n) is 6.64. The summed E-state index contributed by atoms with van der Waals surface area (Å²) in [5, 5.41) is 4.06. The van der Waals surface area contributed by atoms with Crippen LogP contribution < -0.4 is 5.32 Å². The van der Waals surface area contributed by atoms with Crippen molar-refractivity contribution in [2.45, 2.75) is 50.5 Å². The molecule has 1 N–H and O–H groups in total. The lowest BCUT2D eigenvalue weighted by molar-refractivity contribution is -0.149. The molecule has 4 saturated carbocycles. The van der Waals surface area contributed by atoms with Crippen LogP contribution in [0.4, 0.5) is 0 Å². The first kappa shape index (κ1) is 17.3. The highest BCUT2D eigenvalue weighted by molar-refractivity contribution is 6.30. The van der Waals surface area contributed by atoms with Crippen molar-refractivity contribution in [3.63, 3.8) is 0 Å². The van der Waals surface area contributed by atoms with Gasteiger partial charge in [0.1, 0.15) is 0 Å². The van der Waals surface area contributed by atoms with Crippen LogP contribution in [0.3, 0.4) is 0 Å². The lowest BCUT2D eigenvalue weighted by atomic mass is 9.42. The van der Waals surface area contributed by atoms with E-state index in [9.17, 15) is 4.79 Å². The van der Waals surface area contributed by atoms with Gasteiger partial charge in [0.05, 0.1) is 5.41 Å². The monoisotopic (exact) mass is 379 g/mol. The fourth-order valence-corrected chi connectivity index (χ4v) is 6.76. The van der Waals surface area contributed by atoms with E-state index in [1.807, 2.05) is 30.3 Å². The molecule has 0 aromatic heterocycles. The molecule has 0 aliphatic heterocycles. The highest BCUT2D eigenvalue weighted by Gasteiger charge is 2.60. The normalized spacial score (nSPS) is 33.8. The SMILES string of the molecule is O=C(NCc1ccccc1)C12CC3CC(C1)CC(c1ccc(Cl)cc1)(C3)C2. The predicted molar refractivity (Wildman–Crippen MR) is 109 cm³/mol. The van der Waals surface area contributed by atoms with Crippen molar-refractivity contribution in [2.75, 3.05) is 0 Å². The van der Waals surface area contributed by atoms with Gasteiger partial charge in [-0.1, -0.05) is 54.1 Å². The molecule has 2 aromatic rings. The standard InChI is InChI=1S/C24H26ClNO/c25-21-8-6-20(7-9-21)23-11-18-10-19(12-23)14-24(13-18,16-23)22(27)26-15-17-4-2-1-3-5-17/h1-9,18-19H,10-16H2,(H,26,27). The Kier molecular flexibility index (Phi) is 4.09. The summed E-state index contributed by atoms with van der Waals surface area (Å²) >= 11 is 6.13. The molecular formula is C24H26ClNO. The van der Waals surface area contributed by atoms with Crippen LogP contribution in [0.5, 0.6) is 0 Å². The molecule has 4 aliphatic carbocycles. The van der Waals surface area contributed by atoms with Crippen LogP contribution >= 0.6 is 11.6 Å². The third-order valence-electron chi connectivity index (χ3n) is 7.30. The van der Waals surface area contributed by atoms with Crippen molar-refractivity contribution in [3.05, 3.63) is 70.7 Å². The molecule has 0 radical (unpaired) electrons. The average Bonchev–Trinajstić information content (AvgIpc) is 2.66. The Balaban J connectivity index is 1.41. The molecule has 4 fully saturated rings. The number of carbonyl (C=O) groups is 1. The van der Waals surface area contributed by atoms with Gasteiger partial charge in [-0.25, -0.2) is 0 Å². The fraction of sp³-hybridized carbons (Fsp3) is 0.458. The molecule has 3 heteroatoms. The molecular weight excluding hydrogens is 354 g/mol. The molecule has 27 heavy (non-hydrogen) atoms. The van der Waals surface area contributed by atoms with Gasteiger partial charge in [0.2, 0.25) is 5.91 Å². The molecule has 0 heterocycles. The van der Waals surface area contributed by atoms with Crippen molar-refractivity contribution in [3.8, 4) is 0 Å². The summed E-state index contributed by atoms with van der Waals surface area (Å²) in [5.41, 5.74) is 2.54. The predicted octanol–water partition coefficient (Wildman–Crippen LogP) is 5.49. The maximum absolute atomic E-state index is 13.4. The second kappa shape index (κ2) is 6.38. The smallest absolute Gasteiger partial charge is 0.226 e. The number of hydrogen-bond acceptors (Lipinski definition) is 1. The van der Waals surface area contributed by atoms with Crippen LogP contribution in [0.1, 0.15) is 49.7 Å². The summed E-state index contributed by atoms with van der Waals surface area (Å²) in [6, 6.07) is 18.7. The number of rotatable bonds is 4. The molecule has 2 aromatic carbocycles. The third kappa shape index (κ3) is 2.99. The summed E-state index contributed by atoms with van der Waals surface area (Å²) in [7, 11) is 0. The molecule has 6 rings (SSSR count). The van der Waals surface area contributed by atoms with Gasteiger partial charge in [-0.05, 0) is 79.0 Å². The molecule has 2 unspecified atom stereocenters. The second-order valence-electron chi connectivity index (χ2n) is 9.20. The summed E-state index contributed by atoms with van der Waals surface area (Å²) < 4.78 is 0. The van der Waals surface area contributed by atoms with E-state index < -0.39 is 0 Å². The van der Waals surface area contributed by atoms with E-state index in [0.29, 0.717) is 18.4 Å². The number of benzene rings is 2. The lowest BCUT2D eigenvalue weighted by Gasteiger charge is -2.61. The number of carbonyl (C=O) groups excluding carboxylic acids is 1. The van der Waals surface area contributed by atoms with Crippen molar-refractivity contribution < 1.29 is 4.79 Å². The van der Waals surface area contributed by atoms with Crippen molar-refractivity contribution >= 4 is 17.5 Å². The number of amides is 1. The molecule has 4 bridgehead atoms. The minimum absolute atomic E-state index is 0.165. The Bertz CT molecular complexity index is 830. The number of halogens is 1. The van der Waals surface area contributed by atoms with Gasteiger partial charge in [0.25, 0.3) is 0 Å². The minimum Gasteiger partial charge on any atom is -0.352 e. The van der Waals surface area contributed by atoms with Gasteiger partial charge in [-0.15, -0.1) is 0 Å². The quantitative estimate of drug-likeness (QED) is 0.747. The van der Waals surface area contributed by atoms with Crippen LogP contribution in [0.15, 0.2) is 54.6 Å². The zero-order chi connectivity index (χ0) is 18.5. The van der Waals surface area contributed by atoms with Crippen LogP contribution in [-0.4, -0.2) is 5.91 Å². The topological polar surface area (TPSA) is 29.1 Å². The largest absolute Gasteiger partial charge is 0.352 e. The summed E-state index contributed by atoms with van der Waals surface area (Å²) in [6.07, 6.45) is 6.91. The first-order valence-corrected chi connectivity index (χ1v) is 10.5. The van der Waals surface area contributed by atoms with E-state index >= 15 is 0 Å². The molecule has 1 amide bonds. The molecule has 4 aliphatic rings. The maximum Gasteiger partial charge on any atom is 0.226 e. The summed E-state index contributed by atoms with van der Waals surface area (Å²) in [6.45, 7) is 0.630. The van der Waals surface area contributed by atoms with Gasteiger partial charge in [-0.2, -0.15) is 0 Å². The Morgan fingerprint density at radius 3 is 2.30 bits per heavy atom.